The van der Waals surface area contributed by atoms with E-state index in [0.717, 1.165) is 19.5 Å². The first-order valence-corrected chi connectivity index (χ1v) is 5.25. The van der Waals surface area contributed by atoms with Crippen molar-refractivity contribution in [3.63, 3.8) is 0 Å². The molecule has 1 saturated heterocycles. The quantitative estimate of drug-likeness (QED) is 0.753. The predicted octanol–water partition coefficient (Wildman–Crippen LogP) is 2.96. The molecule has 2 unspecified atom stereocenters. The lowest BCUT2D eigenvalue weighted by atomic mass is 9.88. The molecule has 1 aliphatic rings. The predicted molar refractivity (Wildman–Crippen MR) is 50.0 cm³/mol. The van der Waals surface area contributed by atoms with Gasteiger partial charge in [0, 0.05) is 6.42 Å². The lowest BCUT2D eigenvalue weighted by molar-refractivity contribution is -0.136. The van der Waals surface area contributed by atoms with Crippen molar-refractivity contribution in [2.24, 2.45) is 11.8 Å². The van der Waals surface area contributed by atoms with Crippen LogP contribution in [0.5, 0.6) is 0 Å². The van der Waals surface area contributed by atoms with E-state index in [9.17, 15) is 13.2 Å². The monoisotopic (exact) mass is 209 g/mol. The summed E-state index contributed by atoms with van der Waals surface area (Å²) < 4.78 is 35.6. The number of halogens is 3. The third-order valence-corrected chi connectivity index (χ3v) is 2.73. The number of nitrogens with one attached hydrogen (secondary N) is 1. The Kier molecular flexibility index (Phi) is 4.23. The van der Waals surface area contributed by atoms with Crippen molar-refractivity contribution < 1.29 is 13.2 Å². The van der Waals surface area contributed by atoms with Crippen molar-refractivity contribution in [1.82, 2.24) is 5.32 Å². The first kappa shape index (κ1) is 11.8. The second-order valence-corrected chi connectivity index (χ2v) is 4.37. The Morgan fingerprint density at radius 1 is 1.29 bits per heavy atom. The van der Waals surface area contributed by atoms with Gasteiger partial charge in [0.1, 0.15) is 0 Å². The number of hydrogen-bond acceptors (Lipinski definition) is 1. The molecule has 0 radical (unpaired) electrons. The highest BCUT2D eigenvalue weighted by molar-refractivity contribution is 4.73. The molecule has 1 heterocycles. The van der Waals surface area contributed by atoms with Gasteiger partial charge in [-0.25, -0.2) is 0 Å². The van der Waals surface area contributed by atoms with Gasteiger partial charge in [-0.15, -0.1) is 0 Å². The highest BCUT2D eigenvalue weighted by atomic mass is 19.4. The zero-order valence-corrected chi connectivity index (χ0v) is 8.53. The number of hydrogen-bond donors (Lipinski definition) is 1. The topological polar surface area (TPSA) is 12.0 Å². The van der Waals surface area contributed by atoms with E-state index in [0.29, 0.717) is 18.3 Å². The molecular formula is C10H18F3N. The third-order valence-electron chi connectivity index (χ3n) is 2.73. The summed E-state index contributed by atoms with van der Waals surface area (Å²) in [6.45, 7) is 4.04. The molecule has 0 aromatic carbocycles. The van der Waals surface area contributed by atoms with Gasteiger partial charge in [0.25, 0.3) is 0 Å². The van der Waals surface area contributed by atoms with Crippen LogP contribution in [-0.4, -0.2) is 19.3 Å². The van der Waals surface area contributed by atoms with Gasteiger partial charge in [0.2, 0.25) is 0 Å². The van der Waals surface area contributed by atoms with Crippen LogP contribution in [0.25, 0.3) is 0 Å². The van der Waals surface area contributed by atoms with Crippen LogP contribution in [0.3, 0.4) is 0 Å². The van der Waals surface area contributed by atoms with Crippen molar-refractivity contribution in [2.45, 2.75) is 38.8 Å². The van der Waals surface area contributed by atoms with Crippen LogP contribution in [0.4, 0.5) is 13.2 Å². The molecule has 84 valence electrons. The van der Waals surface area contributed by atoms with Gasteiger partial charge < -0.3 is 5.32 Å². The highest BCUT2D eigenvalue weighted by Crippen LogP contribution is 2.26. The van der Waals surface area contributed by atoms with Crippen LogP contribution in [0, 0.1) is 11.8 Å². The van der Waals surface area contributed by atoms with Gasteiger partial charge in [0.15, 0.2) is 0 Å². The summed E-state index contributed by atoms with van der Waals surface area (Å²) in [5, 5.41) is 3.25. The van der Waals surface area contributed by atoms with Gasteiger partial charge in [-0.2, -0.15) is 13.2 Å². The number of alkyl halides is 3. The summed E-state index contributed by atoms with van der Waals surface area (Å²) in [6, 6.07) is 0. The molecule has 0 aromatic rings. The van der Waals surface area contributed by atoms with E-state index in [1.54, 1.807) is 0 Å². The summed E-state index contributed by atoms with van der Waals surface area (Å²) in [5.41, 5.74) is 0. The molecule has 1 N–H and O–H groups in total. The minimum Gasteiger partial charge on any atom is -0.316 e. The smallest absolute Gasteiger partial charge is 0.316 e. The maximum atomic E-state index is 11.9. The van der Waals surface area contributed by atoms with E-state index in [1.165, 1.54) is 0 Å². The van der Waals surface area contributed by atoms with Crippen molar-refractivity contribution in [3.8, 4) is 0 Å². The first-order chi connectivity index (χ1) is 6.47. The molecule has 0 saturated carbocycles. The van der Waals surface area contributed by atoms with Crippen molar-refractivity contribution >= 4 is 0 Å². The molecule has 0 amide bonds. The molecular weight excluding hydrogens is 191 g/mol. The van der Waals surface area contributed by atoms with E-state index < -0.39 is 12.6 Å². The van der Waals surface area contributed by atoms with Gasteiger partial charge in [-0.3, -0.25) is 0 Å². The van der Waals surface area contributed by atoms with Crippen LogP contribution >= 0.6 is 0 Å². The fourth-order valence-corrected chi connectivity index (χ4v) is 2.08. The summed E-state index contributed by atoms with van der Waals surface area (Å²) in [6.07, 6.45) is -2.55. The second-order valence-electron chi connectivity index (χ2n) is 4.37. The molecule has 0 aromatic heterocycles. The van der Waals surface area contributed by atoms with E-state index in [4.69, 9.17) is 0 Å². The van der Waals surface area contributed by atoms with Crippen LogP contribution in [0.2, 0.25) is 0 Å². The molecule has 0 aliphatic carbocycles. The molecule has 0 bridgehead atoms. The average molecular weight is 209 g/mol. The SMILES string of the molecule is CC1CNCC(CCCC(F)(F)F)C1. The summed E-state index contributed by atoms with van der Waals surface area (Å²) in [4.78, 5) is 0. The minimum atomic E-state index is -3.98. The average Bonchev–Trinajstić information content (AvgIpc) is 2.01. The van der Waals surface area contributed by atoms with Crippen LogP contribution < -0.4 is 5.32 Å². The number of rotatable bonds is 3. The molecule has 1 aliphatic heterocycles. The fourth-order valence-electron chi connectivity index (χ4n) is 2.08. The normalized spacial score (nSPS) is 29.1. The van der Waals surface area contributed by atoms with E-state index in [1.807, 2.05) is 0 Å². The maximum Gasteiger partial charge on any atom is 0.389 e. The van der Waals surface area contributed by atoms with E-state index in [2.05, 4.69) is 12.2 Å². The second kappa shape index (κ2) is 5.01. The molecule has 0 spiro atoms. The van der Waals surface area contributed by atoms with Crippen molar-refractivity contribution in [2.75, 3.05) is 13.1 Å². The van der Waals surface area contributed by atoms with Crippen LogP contribution in [-0.2, 0) is 0 Å². The lowest BCUT2D eigenvalue weighted by Gasteiger charge is -2.27. The van der Waals surface area contributed by atoms with Crippen LogP contribution in [0.15, 0.2) is 0 Å². The first-order valence-electron chi connectivity index (χ1n) is 5.25. The standard InChI is InChI=1S/C10H18F3N/c1-8-5-9(7-14-6-8)3-2-4-10(11,12)13/h8-9,14H,2-7H2,1H3. The van der Waals surface area contributed by atoms with E-state index in [-0.39, 0.29) is 6.42 Å². The van der Waals surface area contributed by atoms with Crippen LogP contribution in [0.1, 0.15) is 32.6 Å². The zero-order valence-electron chi connectivity index (χ0n) is 8.53. The Labute approximate surface area is 83.1 Å². The Bertz CT molecular complexity index is 167. The summed E-state index contributed by atoms with van der Waals surface area (Å²) >= 11 is 0. The largest absolute Gasteiger partial charge is 0.389 e. The summed E-state index contributed by atoms with van der Waals surface area (Å²) in [7, 11) is 0. The van der Waals surface area contributed by atoms with Gasteiger partial charge in [-0.1, -0.05) is 6.92 Å². The molecule has 14 heavy (non-hydrogen) atoms. The highest BCUT2D eigenvalue weighted by Gasteiger charge is 2.27. The molecule has 1 nitrogen and oxygen atoms in total. The lowest BCUT2D eigenvalue weighted by Crippen LogP contribution is -2.35. The van der Waals surface area contributed by atoms with Gasteiger partial charge in [0.05, 0.1) is 0 Å². The van der Waals surface area contributed by atoms with Crippen molar-refractivity contribution in [3.05, 3.63) is 0 Å². The third kappa shape index (κ3) is 4.84. The molecule has 1 rings (SSSR count). The van der Waals surface area contributed by atoms with Gasteiger partial charge >= 0.3 is 6.18 Å². The fraction of sp³-hybridized carbons (Fsp3) is 1.00. The zero-order chi connectivity index (χ0) is 10.6. The van der Waals surface area contributed by atoms with Gasteiger partial charge in [-0.05, 0) is 44.2 Å². The van der Waals surface area contributed by atoms with Crippen molar-refractivity contribution in [1.29, 1.82) is 0 Å². The molecule has 1 fully saturated rings. The Balaban J connectivity index is 2.12. The molecule has 4 heteroatoms. The Hall–Kier alpha value is -0.250. The Morgan fingerprint density at radius 2 is 2.00 bits per heavy atom. The maximum absolute atomic E-state index is 11.9. The minimum absolute atomic E-state index is 0.280. The number of piperidine rings is 1. The van der Waals surface area contributed by atoms with E-state index >= 15 is 0 Å². The summed E-state index contributed by atoms with van der Waals surface area (Å²) in [5.74, 6) is 1.06. The molecule has 2 atom stereocenters. The Morgan fingerprint density at radius 3 is 2.57 bits per heavy atom.